The van der Waals surface area contributed by atoms with Gasteiger partial charge in [-0.15, -0.1) is 11.3 Å². The van der Waals surface area contributed by atoms with Gasteiger partial charge in [0.15, 0.2) is 11.5 Å². The Kier molecular flexibility index (Phi) is 7.61. The van der Waals surface area contributed by atoms with Crippen LogP contribution in [0.25, 0.3) is 0 Å². The van der Waals surface area contributed by atoms with Crippen LogP contribution in [0, 0.1) is 0 Å². The molecule has 3 rings (SSSR count). The Labute approximate surface area is 185 Å². The number of carbonyl (C=O) groups is 2. The van der Waals surface area contributed by atoms with E-state index in [1.165, 1.54) is 18.3 Å². The topological polar surface area (TPSA) is 89.6 Å². The molecule has 1 unspecified atom stereocenters. The lowest BCUT2D eigenvalue weighted by molar-refractivity contribution is -0.119. The van der Waals surface area contributed by atoms with E-state index in [2.05, 4.69) is 15.6 Å². The molecule has 0 fully saturated rings. The number of pyridine rings is 1. The van der Waals surface area contributed by atoms with Crippen molar-refractivity contribution in [2.45, 2.75) is 33.0 Å². The summed E-state index contributed by atoms with van der Waals surface area (Å²) in [6, 6.07) is 12.8. The first-order valence-corrected chi connectivity index (χ1v) is 10.6. The van der Waals surface area contributed by atoms with Gasteiger partial charge in [0.05, 0.1) is 24.6 Å². The van der Waals surface area contributed by atoms with Crippen molar-refractivity contribution in [1.29, 1.82) is 0 Å². The highest BCUT2D eigenvalue weighted by Crippen LogP contribution is 2.31. The van der Waals surface area contributed by atoms with Crippen LogP contribution in [-0.2, 0) is 17.9 Å². The Balaban J connectivity index is 1.62. The molecule has 0 saturated carbocycles. The van der Waals surface area contributed by atoms with Crippen molar-refractivity contribution in [2.24, 2.45) is 0 Å². The van der Waals surface area contributed by atoms with Crippen LogP contribution >= 0.6 is 11.3 Å². The monoisotopic (exact) mass is 439 g/mol. The number of hydrogen-bond donors (Lipinski definition) is 2. The second kappa shape index (κ2) is 10.6. The molecule has 1 aromatic carbocycles. The number of nitrogens with one attached hydrogen (secondary N) is 2. The summed E-state index contributed by atoms with van der Waals surface area (Å²) in [6.07, 6.45) is 3.44. The van der Waals surface area contributed by atoms with Gasteiger partial charge in [-0.25, -0.2) is 0 Å². The summed E-state index contributed by atoms with van der Waals surface area (Å²) >= 11 is 1.36. The maximum atomic E-state index is 12.6. The van der Waals surface area contributed by atoms with Crippen molar-refractivity contribution in [2.75, 3.05) is 7.11 Å². The lowest BCUT2D eigenvalue weighted by Gasteiger charge is -2.17. The van der Waals surface area contributed by atoms with Crippen LogP contribution in [0.4, 0.5) is 0 Å². The van der Waals surface area contributed by atoms with Crippen molar-refractivity contribution in [3.05, 3.63) is 75.7 Å². The summed E-state index contributed by atoms with van der Waals surface area (Å²) in [4.78, 5) is 29.2. The minimum absolute atomic E-state index is 0.102. The SMILES string of the molecule is COc1cc(C(C)NC(=O)c2ccc(CNC(C)=O)s2)ccc1OCc1ccncc1. The van der Waals surface area contributed by atoms with Gasteiger partial charge in [0, 0.05) is 24.2 Å². The second-order valence-electron chi connectivity index (χ2n) is 6.93. The van der Waals surface area contributed by atoms with Crippen LogP contribution in [0.1, 0.15) is 45.6 Å². The predicted octanol–water partition coefficient (Wildman–Crippen LogP) is 3.86. The highest BCUT2D eigenvalue weighted by atomic mass is 32.1. The molecule has 0 aliphatic heterocycles. The van der Waals surface area contributed by atoms with Gasteiger partial charge in [-0.1, -0.05) is 6.07 Å². The number of methoxy groups -OCH3 is 1. The Bertz CT molecular complexity index is 1040. The van der Waals surface area contributed by atoms with Gasteiger partial charge in [0.25, 0.3) is 5.91 Å². The van der Waals surface area contributed by atoms with E-state index in [9.17, 15) is 9.59 Å². The first kappa shape index (κ1) is 22.3. The molecule has 1 atom stereocenters. The molecule has 0 aliphatic rings. The third-order valence-electron chi connectivity index (χ3n) is 4.58. The lowest BCUT2D eigenvalue weighted by Crippen LogP contribution is -2.25. The smallest absolute Gasteiger partial charge is 0.261 e. The molecule has 3 aromatic rings. The van der Waals surface area contributed by atoms with Crippen LogP contribution < -0.4 is 20.1 Å². The molecule has 2 heterocycles. The van der Waals surface area contributed by atoms with Crippen molar-refractivity contribution >= 4 is 23.2 Å². The largest absolute Gasteiger partial charge is 0.493 e. The van der Waals surface area contributed by atoms with Crippen molar-refractivity contribution in [3.63, 3.8) is 0 Å². The average molecular weight is 440 g/mol. The normalized spacial score (nSPS) is 11.5. The lowest BCUT2D eigenvalue weighted by atomic mass is 10.1. The van der Waals surface area contributed by atoms with E-state index in [4.69, 9.17) is 9.47 Å². The number of benzene rings is 1. The fourth-order valence-electron chi connectivity index (χ4n) is 2.87. The van der Waals surface area contributed by atoms with Gasteiger partial charge >= 0.3 is 0 Å². The number of thiophene rings is 1. The maximum Gasteiger partial charge on any atom is 0.261 e. The molecule has 8 heteroatoms. The number of hydrogen-bond acceptors (Lipinski definition) is 6. The zero-order valence-electron chi connectivity index (χ0n) is 17.7. The van der Waals surface area contributed by atoms with Gasteiger partial charge < -0.3 is 20.1 Å². The minimum atomic E-state index is -0.225. The van der Waals surface area contributed by atoms with E-state index < -0.39 is 0 Å². The summed E-state index contributed by atoms with van der Waals surface area (Å²) in [5.41, 5.74) is 1.91. The summed E-state index contributed by atoms with van der Waals surface area (Å²) in [6.45, 7) is 4.20. The number of ether oxygens (including phenoxy) is 2. The minimum Gasteiger partial charge on any atom is -0.493 e. The van der Waals surface area contributed by atoms with Gasteiger partial charge in [0.1, 0.15) is 6.61 Å². The highest BCUT2D eigenvalue weighted by molar-refractivity contribution is 7.14. The van der Waals surface area contributed by atoms with E-state index in [-0.39, 0.29) is 17.9 Å². The molecule has 162 valence electrons. The Morgan fingerprint density at radius 3 is 2.58 bits per heavy atom. The molecule has 2 N–H and O–H groups in total. The Morgan fingerprint density at radius 1 is 1.10 bits per heavy atom. The first-order valence-electron chi connectivity index (χ1n) is 9.80. The third kappa shape index (κ3) is 6.29. The van der Waals surface area contributed by atoms with Crippen LogP contribution in [0.5, 0.6) is 11.5 Å². The molecule has 31 heavy (non-hydrogen) atoms. The number of nitrogens with zero attached hydrogens (tertiary/aromatic N) is 1. The van der Waals surface area contributed by atoms with Crippen LogP contribution in [0.2, 0.25) is 0 Å². The molecular weight excluding hydrogens is 414 g/mol. The third-order valence-corrected chi connectivity index (χ3v) is 5.66. The van der Waals surface area contributed by atoms with Crippen LogP contribution in [-0.4, -0.2) is 23.9 Å². The number of carbonyl (C=O) groups excluding carboxylic acids is 2. The highest BCUT2D eigenvalue weighted by Gasteiger charge is 2.16. The molecule has 7 nitrogen and oxygen atoms in total. The van der Waals surface area contributed by atoms with Crippen molar-refractivity contribution < 1.29 is 19.1 Å². The summed E-state index contributed by atoms with van der Waals surface area (Å²) < 4.78 is 11.4. The van der Waals surface area contributed by atoms with Gasteiger partial charge in [0.2, 0.25) is 5.91 Å². The standard InChI is InChI=1S/C23H25N3O4S/c1-15(26-23(28)22-7-5-19(31-22)13-25-16(2)27)18-4-6-20(21(12-18)29-3)30-14-17-8-10-24-11-9-17/h4-12,15H,13-14H2,1-3H3,(H,25,27)(H,26,28). The number of amides is 2. The Hall–Kier alpha value is -3.39. The average Bonchev–Trinajstić information content (AvgIpc) is 3.26. The summed E-state index contributed by atoms with van der Waals surface area (Å²) in [7, 11) is 1.59. The second-order valence-corrected chi connectivity index (χ2v) is 8.09. The van der Waals surface area contributed by atoms with Gasteiger partial charge in [-0.3, -0.25) is 14.6 Å². The van der Waals surface area contributed by atoms with E-state index in [1.54, 1.807) is 25.6 Å². The molecule has 0 bridgehead atoms. The van der Waals surface area contributed by atoms with Crippen LogP contribution in [0.15, 0.2) is 54.9 Å². The van der Waals surface area contributed by atoms with E-state index in [0.717, 1.165) is 16.0 Å². The summed E-state index contributed by atoms with van der Waals surface area (Å²) in [5.74, 6) is 0.961. The predicted molar refractivity (Wildman–Crippen MR) is 119 cm³/mol. The fraction of sp³-hybridized carbons (Fsp3) is 0.261. The quantitative estimate of drug-likeness (QED) is 0.529. The number of rotatable bonds is 9. The maximum absolute atomic E-state index is 12.6. The van der Waals surface area contributed by atoms with E-state index >= 15 is 0 Å². The molecule has 2 amide bonds. The van der Waals surface area contributed by atoms with Crippen molar-refractivity contribution in [3.8, 4) is 11.5 Å². The molecule has 0 radical (unpaired) electrons. The van der Waals surface area contributed by atoms with Gasteiger partial charge in [-0.2, -0.15) is 0 Å². The molecule has 0 saturated heterocycles. The van der Waals surface area contributed by atoms with Crippen LogP contribution in [0.3, 0.4) is 0 Å². The number of aromatic nitrogens is 1. The Morgan fingerprint density at radius 2 is 1.87 bits per heavy atom. The first-order chi connectivity index (χ1) is 15.0. The summed E-state index contributed by atoms with van der Waals surface area (Å²) in [5, 5.41) is 5.73. The molecule has 0 spiro atoms. The molecule has 0 aliphatic carbocycles. The van der Waals surface area contributed by atoms with Gasteiger partial charge in [-0.05, 0) is 54.4 Å². The zero-order chi connectivity index (χ0) is 22.2. The fourth-order valence-corrected chi connectivity index (χ4v) is 3.72. The molecule has 2 aromatic heterocycles. The van der Waals surface area contributed by atoms with Crippen molar-refractivity contribution in [1.82, 2.24) is 15.6 Å². The molecular formula is C23H25N3O4S. The van der Waals surface area contributed by atoms with E-state index in [1.807, 2.05) is 43.3 Å². The van der Waals surface area contributed by atoms with E-state index in [0.29, 0.717) is 29.5 Å². The zero-order valence-corrected chi connectivity index (χ0v) is 18.5.